The normalized spacial score (nSPS) is 22.7. The summed E-state index contributed by atoms with van der Waals surface area (Å²) in [4.78, 5) is 13.8. The molecule has 1 fully saturated rings. The van der Waals surface area contributed by atoms with Crippen molar-refractivity contribution in [2.75, 3.05) is 20.8 Å². The van der Waals surface area contributed by atoms with Gasteiger partial charge in [-0.2, -0.15) is 0 Å². The van der Waals surface area contributed by atoms with Gasteiger partial charge in [0.15, 0.2) is 5.78 Å². The van der Waals surface area contributed by atoms with E-state index in [4.69, 9.17) is 30.5 Å². The minimum absolute atomic E-state index is 0.250. The Balaban J connectivity index is 1.59. The number of ether oxygens (including phenoxy) is 4. The molecule has 40 heavy (non-hydrogen) atoms. The van der Waals surface area contributed by atoms with Crippen LogP contribution < -0.4 is 14.2 Å². The number of rotatable bonds is 8. The number of nitrogens with zero attached hydrogens (tertiary/aromatic N) is 1. The fourth-order valence-corrected chi connectivity index (χ4v) is 4.93. The molecule has 0 amide bonds. The number of aliphatic hydroxyl groups excluding tert-OH is 4. The van der Waals surface area contributed by atoms with E-state index >= 15 is 0 Å². The first kappa shape index (κ1) is 27.9. The molecular weight excluding hydrogens is 542 g/mol. The number of aliphatic hydroxyl groups is 4. The molecule has 5 atom stereocenters. The van der Waals surface area contributed by atoms with Crippen LogP contribution in [0, 0.1) is 0 Å². The number of hydrogen-bond acceptors (Lipinski definition) is 9. The fraction of sp³-hybridized carbons (Fsp3) is 0.276. The third kappa shape index (κ3) is 5.01. The summed E-state index contributed by atoms with van der Waals surface area (Å²) < 4.78 is 24.0. The van der Waals surface area contributed by atoms with E-state index in [1.165, 1.54) is 14.2 Å². The number of fused-ring (bicyclic) bond motifs is 1. The first-order chi connectivity index (χ1) is 19.3. The number of halogens is 1. The van der Waals surface area contributed by atoms with Gasteiger partial charge in [0.1, 0.15) is 41.7 Å². The highest BCUT2D eigenvalue weighted by Gasteiger charge is 2.45. The van der Waals surface area contributed by atoms with Crippen molar-refractivity contribution in [2.45, 2.75) is 30.7 Å². The van der Waals surface area contributed by atoms with Crippen molar-refractivity contribution in [3.8, 4) is 22.9 Å². The van der Waals surface area contributed by atoms with Gasteiger partial charge in [-0.3, -0.25) is 4.79 Å². The first-order valence-corrected chi connectivity index (χ1v) is 12.8. The van der Waals surface area contributed by atoms with Crippen LogP contribution in [-0.4, -0.2) is 82.3 Å². The summed E-state index contributed by atoms with van der Waals surface area (Å²) >= 11 is 6.34. The van der Waals surface area contributed by atoms with Gasteiger partial charge in [-0.1, -0.05) is 23.7 Å². The third-order valence-electron chi connectivity index (χ3n) is 6.88. The van der Waals surface area contributed by atoms with Crippen molar-refractivity contribution in [1.82, 2.24) is 4.57 Å². The van der Waals surface area contributed by atoms with Crippen molar-refractivity contribution in [3.63, 3.8) is 0 Å². The highest BCUT2D eigenvalue weighted by Crippen LogP contribution is 2.36. The lowest BCUT2D eigenvalue weighted by Crippen LogP contribution is -2.60. The Kier molecular flexibility index (Phi) is 7.99. The number of benzene rings is 3. The SMILES string of the molecule is COc1ccc(C(=O)c2ccccc2-n2cc(O[C@@H]3O[C@H](CO)[C@H](O)[C@H](O)[C@H]3O)c3ccc(Cl)cc32)c(OC)c1. The zero-order valence-corrected chi connectivity index (χ0v) is 22.4. The molecule has 1 aliphatic rings. The number of methoxy groups -OCH3 is 2. The van der Waals surface area contributed by atoms with Crippen LogP contribution in [0.25, 0.3) is 16.6 Å². The zero-order valence-electron chi connectivity index (χ0n) is 21.6. The zero-order chi connectivity index (χ0) is 28.6. The quantitative estimate of drug-likeness (QED) is 0.236. The summed E-state index contributed by atoms with van der Waals surface area (Å²) in [5.41, 5.74) is 1.81. The molecular formula is C29H28ClNO9. The lowest BCUT2D eigenvalue weighted by Gasteiger charge is -2.39. The molecule has 0 saturated carbocycles. The van der Waals surface area contributed by atoms with Gasteiger partial charge < -0.3 is 43.9 Å². The van der Waals surface area contributed by atoms with E-state index in [0.29, 0.717) is 44.2 Å². The highest BCUT2D eigenvalue weighted by atomic mass is 35.5. The van der Waals surface area contributed by atoms with E-state index < -0.39 is 37.3 Å². The van der Waals surface area contributed by atoms with Crippen LogP contribution in [0.4, 0.5) is 0 Å². The minimum Gasteiger partial charge on any atom is -0.497 e. The van der Waals surface area contributed by atoms with Gasteiger partial charge in [0.25, 0.3) is 0 Å². The molecule has 0 unspecified atom stereocenters. The Morgan fingerprint density at radius 3 is 2.42 bits per heavy atom. The Morgan fingerprint density at radius 2 is 1.70 bits per heavy atom. The maximum atomic E-state index is 13.8. The lowest BCUT2D eigenvalue weighted by molar-refractivity contribution is -0.277. The number of aromatic nitrogens is 1. The van der Waals surface area contributed by atoms with Crippen LogP contribution in [0.3, 0.4) is 0 Å². The van der Waals surface area contributed by atoms with E-state index in [0.717, 1.165) is 0 Å². The smallest absolute Gasteiger partial charge is 0.229 e. The molecule has 10 nitrogen and oxygen atoms in total. The van der Waals surface area contributed by atoms with E-state index in [1.54, 1.807) is 71.4 Å². The monoisotopic (exact) mass is 569 g/mol. The molecule has 4 aromatic rings. The van der Waals surface area contributed by atoms with Gasteiger partial charge in [0, 0.05) is 22.0 Å². The molecule has 11 heteroatoms. The molecule has 2 heterocycles. The third-order valence-corrected chi connectivity index (χ3v) is 7.12. The van der Waals surface area contributed by atoms with Crippen molar-refractivity contribution < 1.29 is 44.2 Å². The summed E-state index contributed by atoms with van der Waals surface area (Å²) in [6, 6.07) is 17.0. The van der Waals surface area contributed by atoms with Crippen molar-refractivity contribution in [2.24, 2.45) is 0 Å². The molecule has 1 saturated heterocycles. The average molecular weight is 570 g/mol. The molecule has 5 rings (SSSR count). The molecule has 210 valence electrons. The van der Waals surface area contributed by atoms with Crippen LogP contribution in [0.5, 0.6) is 17.2 Å². The van der Waals surface area contributed by atoms with Crippen LogP contribution in [0.1, 0.15) is 15.9 Å². The van der Waals surface area contributed by atoms with Crippen LogP contribution in [0.15, 0.2) is 66.9 Å². The van der Waals surface area contributed by atoms with Gasteiger partial charge in [0.2, 0.25) is 6.29 Å². The fourth-order valence-electron chi connectivity index (χ4n) is 4.76. The van der Waals surface area contributed by atoms with Crippen LogP contribution >= 0.6 is 11.6 Å². The van der Waals surface area contributed by atoms with Gasteiger partial charge >= 0.3 is 0 Å². The van der Waals surface area contributed by atoms with Gasteiger partial charge in [0.05, 0.1) is 43.8 Å². The second kappa shape index (κ2) is 11.5. The Hall–Kier alpha value is -3.64. The highest BCUT2D eigenvalue weighted by molar-refractivity contribution is 6.31. The molecule has 1 aromatic heterocycles. The van der Waals surface area contributed by atoms with Crippen LogP contribution in [0.2, 0.25) is 5.02 Å². The molecule has 3 aromatic carbocycles. The van der Waals surface area contributed by atoms with Gasteiger partial charge in [-0.05, 0) is 42.5 Å². The summed E-state index contributed by atoms with van der Waals surface area (Å²) in [5, 5.41) is 41.4. The molecule has 1 aliphatic heterocycles. The Labute approximate surface area is 234 Å². The first-order valence-electron chi connectivity index (χ1n) is 12.4. The van der Waals surface area contributed by atoms with Gasteiger partial charge in [-0.25, -0.2) is 0 Å². The van der Waals surface area contributed by atoms with E-state index in [2.05, 4.69) is 0 Å². The minimum atomic E-state index is -1.60. The largest absolute Gasteiger partial charge is 0.497 e. The predicted octanol–water partition coefficient (Wildman–Crippen LogP) is 2.71. The predicted molar refractivity (Wildman–Crippen MR) is 146 cm³/mol. The van der Waals surface area contributed by atoms with Crippen molar-refractivity contribution in [1.29, 1.82) is 0 Å². The van der Waals surface area contributed by atoms with Crippen molar-refractivity contribution >= 4 is 28.3 Å². The molecule has 0 spiro atoms. The van der Waals surface area contributed by atoms with Crippen LogP contribution in [-0.2, 0) is 4.74 Å². The summed E-state index contributed by atoms with van der Waals surface area (Å²) in [6.07, 6.45) is -5.64. The molecule has 0 bridgehead atoms. The topological polar surface area (TPSA) is 140 Å². The lowest BCUT2D eigenvalue weighted by atomic mass is 9.99. The Bertz CT molecular complexity index is 1540. The van der Waals surface area contributed by atoms with E-state index in [-0.39, 0.29) is 11.5 Å². The standard InChI is InChI=1S/C29H28ClNO9/c1-37-16-8-10-19(22(12-16)38-2)25(33)18-5-3-4-6-20(18)31-13-23(17-9-7-15(30)11-21(17)31)39-29-28(36)27(35)26(34)24(14-32)40-29/h3-13,24,26-29,32,34-36H,14H2,1-2H3/t24-,26+,27+,28-,29-/m1/s1. The summed E-state index contributed by atoms with van der Waals surface area (Å²) in [6.45, 7) is -0.591. The number of hydrogen-bond donors (Lipinski definition) is 4. The number of para-hydroxylation sites is 1. The maximum absolute atomic E-state index is 13.8. The van der Waals surface area contributed by atoms with E-state index in [9.17, 15) is 25.2 Å². The number of ketones is 1. The second-order valence-corrected chi connectivity index (χ2v) is 9.69. The van der Waals surface area contributed by atoms with Crippen molar-refractivity contribution in [3.05, 3.63) is 83.0 Å². The van der Waals surface area contributed by atoms with Gasteiger partial charge in [-0.15, -0.1) is 0 Å². The Morgan fingerprint density at radius 1 is 0.925 bits per heavy atom. The summed E-state index contributed by atoms with van der Waals surface area (Å²) in [7, 11) is 3.00. The summed E-state index contributed by atoms with van der Waals surface area (Å²) in [5.74, 6) is 0.851. The number of carbonyl (C=O) groups excluding carboxylic acids is 1. The average Bonchev–Trinajstić information content (AvgIpc) is 3.33. The molecule has 0 radical (unpaired) electrons. The van der Waals surface area contributed by atoms with E-state index in [1.807, 2.05) is 0 Å². The number of carbonyl (C=O) groups is 1. The maximum Gasteiger partial charge on any atom is 0.229 e. The molecule has 4 N–H and O–H groups in total. The second-order valence-electron chi connectivity index (χ2n) is 9.25. The molecule has 0 aliphatic carbocycles.